The molecule has 0 saturated heterocycles. The van der Waals surface area contributed by atoms with E-state index in [9.17, 15) is 0 Å². The van der Waals surface area contributed by atoms with Crippen LogP contribution in [0.4, 0.5) is 0 Å². The number of aromatic nitrogens is 4. The van der Waals surface area contributed by atoms with E-state index in [-0.39, 0.29) is 0 Å². The number of rotatable bonds is 2. The first-order valence-electron chi connectivity index (χ1n) is 20.0. The van der Waals surface area contributed by atoms with Gasteiger partial charge in [-0.1, -0.05) is 133 Å². The minimum Gasteiger partial charge on any atom is -0.354 e. The SMILES string of the molecule is C(=C\c1ccc2c(ccc3c4cc5[nH]c6c7ccccc7ccc6c5cc4[nH]c23)c1)/c1ccc2c(ccc3c4cc5[nH]c6c7ccccc7ccc6c5cc4[nH]c23)c1. The maximum absolute atomic E-state index is 3.80. The standard InChI is InChI=1S/C54H32N4/c1-3-7-35-31(5-1)13-19-39-43-25-49-45(27-47(43)55-51(35)39)41-21-15-33-23-29(11-17-37(33)53(41)57-49)9-10-30-12-18-38-34(24-30)16-22-42-46-28-48-44(26-50(46)58-54(38)42)40-20-14-32-6-2-4-8-36(32)52(40)56-48/h1-28,55-58H/b10-9+. The van der Waals surface area contributed by atoms with Crippen LogP contribution in [0.25, 0.3) is 142 Å². The van der Waals surface area contributed by atoms with Gasteiger partial charge in [-0.25, -0.2) is 0 Å². The molecular formula is C54H32N4. The minimum atomic E-state index is 1.16. The van der Waals surface area contributed by atoms with E-state index in [1.807, 2.05) is 0 Å². The summed E-state index contributed by atoms with van der Waals surface area (Å²) in [7, 11) is 0. The Morgan fingerprint density at radius 3 is 0.931 bits per heavy atom. The third-order valence-electron chi connectivity index (χ3n) is 12.9. The van der Waals surface area contributed by atoms with Gasteiger partial charge >= 0.3 is 0 Å². The van der Waals surface area contributed by atoms with Crippen LogP contribution >= 0.6 is 0 Å². The molecule has 14 aromatic rings. The van der Waals surface area contributed by atoms with Gasteiger partial charge in [-0.2, -0.15) is 0 Å². The number of aromatic amines is 4. The molecule has 0 aliphatic carbocycles. The predicted molar refractivity (Wildman–Crippen MR) is 249 cm³/mol. The molecule has 0 spiro atoms. The quantitative estimate of drug-likeness (QED) is 0.128. The third kappa shape index (κ3) is 4.13. The first-order chi connectivity index (χ1) is 28.7. The van der Waals surface area contributed by atoms with Crippen LogP contribution < -0.4 is 0 Å². The molecule has 0 radical (unpaired) electrons. The maximum Gasteiger partial charge on any atom is 0.0544 e. The van der Waals surface area contributed by atoms with Gasteiger partial charge in [-0.05, 0) is 69.1 Å². The van der Waals surface area contributed by atoms with Crippen molar-refractivity contribution in [2.45, 2.75) is 0 Å². The van der Waals surface area contributed by atoms with Gasteiger partial charge in [0.05, 0.1) is 22.1 Å². The van der Waals surface area contributed by atoms with E-state index >= 15 is 0 Å². The largest absolute Gasteiger partial charge is 0.354 e. The van der Waals surface area contributed by atoms with E-state index < -0.39 is 0 Å². The molecule has 14 rings (SSSR count). The highest BCUT2D eigenvalue weighted by Gasteiger charge is 2.15. The van der Waals surface area contributed by atoms with Crippen molar-refractivity contribution < 1.29 is 0 Å². The number of H-pyrrole nitrogens is 4. The van der Waals surface area contributed by atoms with Crippen molar-refractivity contribution in [1.82, 2.24) is 19.9 Å². The Hall–Kier alpha value is -7.82. The number of fused-ring (bicyclic) bond motifs is 20. The fourth-order valence-electron chi connectivity index (χ4n) is 10.1. The Kier molecular flexibility index (Phi) is 5.73. The van der Waals surface area contributed by atoms with Crippen molar-refractivity contribution in [2.75, 3.05) is 0 Å². The second-order valence-corrected chi connectivity index (χ2v) is 16.1. The zero-order chi connectivity index (χ0) is 37.6. The molecule has 0 bridgehead atoms. The van der Waals surface area contributed by atoms with E-state index in [1.165, 1.54) is 130 Å². The van der Waals surface area contributed by atoms with Crippen LogP contribution in [0.2, 0.25) is 0 Å². The highest BCUT2D eigenvalue weighted by molar-refractivity contribution is 6.25. The van der Waals surface area contributed by atoms with Gasteiger partial charge in [0, 0.05) is 86.7 Å². The molecule has 58 heavy (non-hydrogen) atoms. The van der Waals surface area contributed by atoms with Gasteiger partial charge in [0.15, 0.2) is 0 Å². The minimum absolute atomic E-state index is 1.16. The zero-order valence-corrected chi connectivity index (χ0v) is 31.2. The van der Waals surface area contributed by atoms with Crippen LogP contribution in [0.3, 0.4) is 0 Å². The van der Waals surface area contributed by atoms with Crippen molar-refractivity contribution in [1.29, 1.82) is 0 Å². The molecule has 4 heterocycles. The molecule has 0 saturated carbocycles. The van der Waals surface area contributed by atoms with Gasteiger partial charge in [0.25, 0.3) is 0 Å². The van der Waals surface area contributed by atoms with E-state index in [4.69, 9.17) is 0 Å². The molecular weight excluding hydrogens is 705 g/mol. The van der Waals surface area contributed by atoms with Crippen LogP contribution in [0, 0.1) is 0 Å². The van der Waals surface area contributed by atoms with Crippen molar-refractivity contribution in [3.63, 3.8) is 0 Å². The van der Waals surface area contributed by atoms with E-state index in [2.05, 4.69) is 190 Å². The molecule has 10 aromatic carbocycles. The monoisotopic (exact) mass is 736 g/mol. The highest BCUT2D eigenvalue weighted by atomic mass is 14.7. The molecule has 0 atom stereocenters. The van der Waals surface area contributed by atoms with Crippen molar-refractivity contribution in [2.24, 2.45) is 0 Å². The Labute approximate surface area is 330 Å². The van der Waals surface area contributed by atoms with Gasteiger partial charge in [-0.15, -0.1) is 0 Å². The Balaban J connectivity index is 0.809. The zero-order valence-electron chi connectivity index (χ0n) is 31.2. The molecule has 4 nitrogen and oxygen atoms in total. The van der Waals surface area contributed by atoms with Crippen molar-refractivity contribution in [3.05, 3.63) is 169 Å². The maximum atomic E-state index is 3.80. The molecule has 4 aromatic heterocycles. The lowest BCUT2D eigenvalue weighted by Gasteiger charge is -2.04. The molecule has 0 fully saturated rings. The lowest BCUT2D eigenvalue weighted by molar-refractivity contribution is 1.56. The molecule has 0 aliphatic heterocycles. The molecule has 4 heteroatoms. The summed E-state index contributed by atoms with van der Waals surface area (Å²) >= 11 is 0. The van der Waals surface area contributed by atoms with E-state index in [1.54, 1.807) is 0 Å². The summed E-state index contributed by atoms with van der Waals surface area (Å²) in [5, 5.41) is 19.9. The first kappa shape index (κ1) is 30.4. The molecule has 0 aliphatic rings. The van der Waals surface area contributed by atoms with E-state index in [0.717, 1.165) is 11.0 Å². The molecule has 0 amide bonds. The summed E-state index contributed by atoms with van der Waals surface area (Å²) in [5.74, 6) is 0. The van der Waals surface area contributed by atoms with E-state index in [0.29, 0.717) is 0 Å². The number of nitrogens with one attached hydrogen (secondary N) is 4. The number of benzene rings is 10. The molecule has 268 valence electrons. The topological polar surface area (TPSA) is 63.2 Å². The second-order valence-electron chi connectivity index (χ2n) is 16.1. The van der Waals surface area contributed by atoms with Crippen molar-refractivity contribution in [3.8, 4) is 0 Å². The predicted octanol–water partition coefficient (Wildman–Crippen LogP) is 15.0. The Morgan fingerprint density at radius 1 is 0.241 bits per heavy atom. The molecule has 4 N–H and O–H groups in total. The number of hydrogen-bond donors (Lipinski definition) is 4. The summed E-state index contributed by atoms with van der Waals surface area (Å²) < 4.78 is 0. The van der Waals surface area contributed by atoms with Crippen molar-refractivity contribution >= 4 is 142 Å². The van der Waals surface area contributed by atoms with Crippen LogP contribution in [-0.2, 0) is 0 Å². The van der Waals surface area contributed by atoms with Gasteiger partial charge in [0.1, 0.15) is 0 Å². The Bertz CT molecular complexity index is 3880. The normalized spacial score (nSPS) is 12.8. The van der Waals surface area contributed by atoms with Gasteiger partial charge in [-0.3, -0.25) is 0 Å². The first-order valence-corrected chi connectivity index (χ1v) is 20.0. The van der Waals surface area contributed by atoms with Gasteiger partial charge < -0.3 is 19.9 Å². The average molecular weight is 737 g/mol. The smallest absolute Gasteiger partial charge is 0.0544 e. The fraction of sp³-hybridized carbons (Fsp3) is 0. The average Bonchev–Trinajstić information content (AvgIpc) is 4.03. The van der Waals surface area contributed by atoms with Crippen LogP contribution in [-0.4, -0.2) is 19.9 Å². The summed E-state index contributed by atoms with van der Waals surface area (Å²) in [6, 6.07) is 58.1. The van der Waals surface area contributed by atoms with Crippen LogP contribution in [0.15, 0.2) is 158 Å². The lowest BCUT2D eigenvalue weighted by atomic mass is 10.0. The molecule has 0 unspecified atom stereocenters. The summed E-state index contributed by atoms with van der Waals surface area (Å²) in [4.78, 5) is 15.1. The van der Waals surface area contributed by atoms with Crippen LogP contribution in [0.5, 0.6) is 0 Å². The second kappa shape index (κ2) is 10.9. The summed E-state index contributed by atoms with van der Waals surface area (Å²) in [6.45, 7) is 0. The summed E-state index contributed by atoms with van der Waals surface area (Å²) in [5.41, 5.74) is 11.8. The fourth-order valence-corrected chi connectivity index (χ4v) is 10.1. The third-order valence-corrected chi connectivity index (χ3v) is 12.9. The van der Waals surface area contributed by atoms with Gasteiger partial charge in [0.2, 0.25) is 0 Å². The summed E-state index contributed by atoms with van der Waals surface area (Å²) in [6.07, 6.45) is 4.45. The van der Waals surface area contributed by atoms with Crippen LogP contribution in [0.1, 0.15) is 11.1 Å². The Morgan fingerprint density at radius 2 is 0.552 bits per heavy atom. The number of hydrogen-bond acceptors (Lipinski definition) is 0. The highest BCUT2D eigenvalue weighted by Crippen LogP contribution is 2.40. The lowest BCUT2D eigenvalue weighted by Crippen LogP contribution is -1.80.